The van der Waals surface area contributed by atoms with Crippen LogP contribution in [-0.2, 0) is 9.47 Å². The van der Waals surface area contributed by atoms with Gasteiger partial charge >= 0.3 is 6.16 Å². The molecule has 0 bridgehead atoms. The monoisotopic (exact) mass is 754 g/mol. The van der Waals surface area contributed by atoms with E-state index in [0.29, 0.717) is 57.9 Å². The summed E-state index contributed by atoms with van der Waals surface area (Å²) < 4.78 is 22.5. The first-order valence-corrected chi connectivity index (χ1v) is 18.9. The molecule has 0 amide bonds. The van der Waals surface area contributed by atoms with Crippen molar-refractivity contribution in [3.8, 4) is 11.5 Å². The summed E-state index contributed by atoms with van der Waals surface area (Å²) in [7, 11) is 0. The van der Waals surface area contributed by atoms with Gasteiger partial charge in [-0.3, -0.25) is 19.6 Å². The first-order chi connectivity index (χ1) is 27.3. The highest BCUT2D eigenvalue weighted by atomic mass is 16.7. The highest BCUT2D eigenvalue weighted by Crippen LogP contribution is 2.36. The second-order valence-electron chi connectivity index (χ2n) is 13.3. The van der Waals surface area contributed by atoms with Crippen molar-refractivity contribution < 1.29 is 33.3 Å². The van der Waals surface area contributed by atoms with E-state index < -0.39 is 6.16 Å². The standard InChI is InChI=1S/C45H46N4O7/c1-5-13-37(50)33-27-46-43-31(41(33)48-35-19-9-7-15-29(35)3)17-11-21-39(43)53-23-25-55-45(52)56-26-24-54-40-22-12-18-32-42(49-36-20-10-8-16-30(36)4)34(28-47-44(32)40)38(51)14-6-2/h7-12,15-22,27-28H,5-6,13-14,23-26H2,1-4H3,(H,46,48)(H,47,49). The van der Waals surface area contributed by atoms with Gasteiger partial charge in [0.2, 0.25) is 0 Å². The predicted octanol–water partition coefficient (Wildman–Crippen LogP) is 10.5. The number of Topliss-reactive ketones (excluding diaryl/α,β-unsaturated/α-hetero) is 2. The number of nitrogens with one attached hydrogen (secondary N) is 2. The van der Waals surface area contributed by atoms with Crippen LogP contribution in [0.15, 0.2) is 97.3 Å². The van der Waals surface area contributed by atoms with E-state index in [2.05, 4.69) is 20.6 Å². The van der Waals surface area contributed by atoms with Crippen molar-refractivity contribution in [2.24, 2.45) is 0 Å². The number of ether oxygens (including phenoxy) is 4. The van der Waals surface area contributed by atoms with Crippen LogP contribution in [0, 0.1) is 13.8 Å². The minimum atomic E-state index is -0.864. The second-order valence-corrected chi connectivity index (χ2v) is 13.3. The summed E-state index contributed by atoms with van der Waals surface area (Å²) in [6.45, 7) is 7.91. The van der Waals surface area contributed by atoms with Gasteiger partial charge in [0.15, 0.2) is 11.6 Å². The summed E-state index contributed by atoms with van der Waals surface area (Å²) >= 11 is 0. The molecule has 11 heteroatoms. The predicted molar refractivity (Wildman–Crippen MR) is 219 cm³/mol. The Morgan fingerprint density at radius 2 is 0.982 bits per heavy atom. The Hall–Kier alpha value is -6.49. The highest BCUT2D eigenvalue weighted by Gasteiger charge is 2.20. The van der Waals surface area contributed by atoms with E-state index in [1.165, 1.54) is 0 Å². The van der Waals surface area contributed by atoms with Crippen LogP contribution in [0.2, 0.25) is 0 Å². The van der Waals surface area contributed by atoms with E-state index >= 15 is 0 Å². The van der Waals surface area contributed by atoms with E-state index in [4.69, 9.17) is 18.9 Å². The molecule has 6 rings (SSSR count). The van der Waals surface area contributed by atoms with Crippen LogP contribution >= 0.6 is 0 Å². The second kappa shape index (κ2) is 18.7. The van der Waals surface area contributed by atoms with Gasteiger partial charge in [-0.2, -0.15) is 0 Å². The molecular formula is C45H46N4O7. The molecule has 0 aliphatic heterocycles. The number of anilines is 4. The lowest BCUT2D eigenvalue weighted by Crippen LogP contribution is -2.17. The summed E-state index contributed by atoms with van der Waals surface area (Å²) in [5, 5.41) is 8.41. The molecule has 0 radical (unpaired) electrons. The average molecular weight is 755 g/mol. The van der Waals surface area contributed by atoms with E-state index in [1.807, 2.05) is 100 Å². The minimum absolute atomic E-state index is 0.00447. The molecule has 0 saturated carbocycles. The molecular weight excluding hydrogens is 709 g/mol. The van der Waals surface area contributed by atoms with Crippen molar-refractivity contribution >= 4 is 62.3 Å². The number of carbonyl (C=O) groups excluding carboxylic acids is 3. The van der Waals surface area contributed by atoms with Crippen molar-refractivity contribution in [1.82, 2.24) is 9.97 Å². The maximum Gasteiger partial charge on any atom is 0.508 e. The molecule has 6 aromatic rings. The van der Waals surface area contributed by atoms with Crippen LogP contribution in [0.5, 0.6) is 11.5 Å². The summed E-state index contributed by atoms with van der Waals surface area (Å²) in [4.78, 5) is 47.8. The lowest BCUT2D eigenvalue weighted by atomic mass is 10.0. The highest BCUT2D eigenvalue weighted by molar-refractivity contribution is 6.11. The van der Waals surface area contributed by atoms with Crippen LogP contribution in [0.3, 0.4) is 0 Å². The van der Waals surface area contributed by atoms with Crippen molar-refractivity contribution in [3.05, 3.63) is 120 Å². The molecule has 0 aliphatic carbocycles. The summed E-state index contributed by atoms with van der Waals surface area (Å²) in [5.74, 6) is 0.977. The number of pyridine rings is 2. The molecule has 2 N–H and O–H groups in total. The number of aromatic nitrogens is 2. The fraction of sp³-hybridized carbons (Fsp3) is 0.267. The van der Waals surface area contributed by atoms with Crippen molar-refractivity contribution in [2.75, 3.05) is 37.1 Å². The van der Waals surface area contributed by atoms with Crippen molar-refractivity contribution in [3.63, 3.8) is 0 Å². The quantitative estimate of drug-likeness (QED) is 0.0492. The van der Waals surface area contributed by atoms with E-state index in [0.717, 1.165) is 46.1 Å². The first kappa shape index (κ1) is 39.2. The largest absolute Gasteiger partial charge is 0.508 e. The number of carbonyl (C=O) groups is 3. The van der Waals surface area contributed by atoms with Crippen molar-refractivity contribution in [1.29, 1.82) is 0 Å². The molecule has 0 saturated heterocycles. The average Bonchev–Trinajstić information content (AvgIpc) is 3.20. The molecule has 0 aliphatic rings. The first-order valence-electron chi connectivity index (χ1n) is 18.9. The number of nitrogens with zero attached hydrogens (tertiary/aromatic N) is 2. The Bertz CT molecular complexity index is 2200. The fourth-order valence-corrected chi connectivity index (χ4v) is 6.33. The van der Waals surface area contributed by atoms with Gasteiger partial charge in [0.25, 0.3) is 0 Å². The zero-order chi connectivity index (χ0) is 39.4. The molecule has 0 unspecified atom stereocenters. The Kier molecular flexibility index (Phi) is 13.1. The third-order valence-corrected chi connectivity index (χ3v) is 9.21. The Morgan fingerprint density at radius 1 is 0.554 bits per heavy atom. The SMILES string of the molecule is CCCC(=O)c1cnc2c(OCCOC(=O)OCCOc3cccc4c(Nc5ccccc5C)c(C(=O)CCC)cnc34)cccc2c1Nc1ccccc1C. The fourth-order valence-electron chi connectivity index (χ4n) is 6.33. The number of aryl methyl sites for hydroxylation is 2. The van der Waals surface area contributed by atoms with Crippen molar-refractivity contribution in [2.45, 2.75) is 53.4 Å². The van der Waals surface area contributed by atoms with Crippen LogP contribution in [0.4, 0.5) is 27.5 Å². The number of fused-ring (bicyclic) bond motifs is 2. The minimum Gasteiger partial charge on any atom is -0.488 e. The molecule has 0 fully saturated rings. The normalized spacial score (nSPS) is 10.9. The van der Waals surface area contributed by atoms with Crippen LogP contribution in [-0.4, -0.2) is 54.1 Å². The maximum absolute atomic E-state index is 13.1. The number of para-hydroxylation sites is 4. The van der Waals surface area contributed by atoms with Gasteiger partial charge in [-0.15, -0.1) is 0 Å². The van der Waals surface area contributed by atoms with Gasteiger partial charge in [-0.25, -0.2) is 4.79 Å². The third kappa shape index (κ3) is 9.23. The molecule has 2 heterocycles. The van der Waals surface area contributed by atoms with E-state index in [1.54, 1.807) is 24.5 Å². The van der Waals surface area contributed by atoms with Crippen LogP contribution in [0.1, 0.15) is 71.4 Å². The maximum atomic E-state index is 13.1. The molecule has 0 spiro atoms. The number of benzene rings is 4. The summed E-state index contributed by atoms with van der Waals surface area (Å²) in [6.07, 6.45) is 4.57. The molecule has 2 aromatic heterocycles. The lowest BCUT2D eigenvalue weighted by molar-refractivity contribution is 0.0385. The Morgan fingerprint density at radius 3 is 1.39 bits per heavy atom. The Labute approximate surface area is 326 Å². The summed E-state index contributed by atoms with van der Waals surface area (Å²) in [6, 6.07) is 26.8. The smallest absolute Gasteiger partial charge is 0.488 e. The van der Waals surface area contributed by atoms with Crippen LogP contribution in [0.25, 0.3) is 21.8 Å². The van der Waals surface area contributed by atoms with Gasteiger partial charge in [0.05, 0.1) is 22.5 Å². The zero-order valence-electron chi connectivity index (χ0n) is 32.1. The van der Waals surface area contributed by atoms with Gasteiger partial charge in [-0.1, -0.05) is 74.5 Å². The number of hydrogen-bond donors (Lipinski definition) is 2. The molecule has 288 valence electrons. The topological polar surface area (TPSA) is 138 Å². The van der Waals surface area contributed by atoms with Gasteiger partial charge < -0.3 is 29.6 Å². The third-order valence-electron chi connectivity index (χ3n) is 9.21. The number of ketones is 2. The number of rotatable bonds is 18. The lowest BCUT2D eigenvalue weighted by Gasteiger charge is -2.17. The molecule has 11 nitrogen and oxygen atoms in total. The number of hydrogen-bond acceptors (Lipinski definition) is 11. The zero-order valence-corrected chi connectivity index (χ0v) is 32.1. The van der Waals surface area contributed by atoms with Gasteiger partial charge in [0, 0.05) is 47.4 Å². The van der Waals surface area contributed by atoms with E-state index in [-0.39, 0.29) is 38.0 Å². The molecule has 56 heavy (non-hydrogen) atoms. The van der Waals surface area contributed by atoms with Crippen LogP contribution < -0.4 is 20.1 Å². The van der Waals surface area contributed by atoms with Gasteiger partial charge in [-0.05, 0) is 62.1 Å². The summed E-state index contributed by atoms with van der Waals surface area (Å²) in [5.41, 5.74) is 7.35. The molecule has 4 aromatic carbocycles. The van der Waals surface area contributed by atoms with E-state index in [9.17, 15) is 14.4 Å². The van der Waals surface area contributed by atoms with Gasteiger partial charge in [0.1, 0.15) is 49.0 Å². The Balaban J connectivity index is 1.06. The molecule has 0 atom stereocenters.